The van der Waals surface area contributed by atoms with Gasteiger partial charge >= 0.3 is 0 Å². The number of hydrogen-bond donors (Lipinski definition) is 1. The summed E-state index contributed by atoms with van der Waals surface area (Å²) in [5.41, 5.74) is 1.01. The van der Waals surface area contributed by atoms with E-state index in [9.17, 15) is 0 Å². The number of halogens is 1. The third kappa shape index (κ3) is 4.15. The van der Waals surface area contributed by atoms with E-state index in [1.165, 1.54) is 20.7 Å². The summed E-state index contributed by atoms with van der Waals surface area (Å²) in [6.07, 6.45) is 1.79. The summed E-state index contributed by atoms with van der Waals surface area (Å²) in [5, 5.41) is 8.88. The van der Waals surface area contributed by atoms with E-state index in [1.54, 1.807) is 6.20 Å². The predicted molar refractivity (Wildman–Crippen MR) is 145 cm³/mol. The second-order valence-corrected chi connectivity index (χ2v) is 12.5. The zero-order valence-corrected chi connectivity index (χ0v) is 20.6. The fourth-order valence-electron chi connectivity index (χ4n) is 4.48. The highest BCUT2D eigenvalue weighted by molar-refractivity contribution is 9.10. The van der Waals surface area contributed by atoms with E-state index in [1.807, 2.05) is 12.1 Å². The van der Waals surface area contributed by atoms with Crippen molar-refractivity contribution in [2.24, 2.45) is 0 Å². The molecule has 0 saturated heterocycles. The number of rotatable bonds is 6. The van der Waals surface area contributed by atoms with Crippen molar-refractivity contribution in [1.29, 1.82) is 0 Å². The Bertz CT molecular complexity index is 1230. The van der Waals surface area contributed by atoms with E-state index in [-0.39, 0.29) is 0 Å². The van der Waals surface area contributed by atoms with Crippen LogP contribution >= 0.6 is 15.9 Å². The van der Waals surface area contributed by atoms with Crippen LogP contribution in [0.25, 0.3) is 0 Å². The van der Waals surface area contributed by atoms with Crippen LogP contribution in [0.3, 0.4) is 0 Å². The van der Waals surface area contributed by atoms with Gasteiger partial charge in [-0.3, -0.25) is 0 Å². The van der Waals surface area contributed by atoms with Crippen LogP contribution in [0.5, 0.6) is 0 Å². The number of benzene rings is 4. The molecular formula is C29H23BrN2Si. The molecule has 5 aromatic rings. The number of nitrogens with zero attached hydrogens (tertiary/aromatic N) is 1. The van der Waals surface area contributed by atoms with Gasteiger partial charge in [0.2, 0.25) is 0 Å². The zero-order valence-electron chi connectivity index (χ0n) is 18.0. The monoisotopic (exact) mass is 506 g/mol. The SMILES string of the molecule is Brc1cccnc1Nc1ccc([Si](c2ccccc2)(c2ccccc2)c2ccccc2)cc1. The Morgan fingerprint density at radius 2 is 0.970 bits per heavy atom. The number of pyridine rings is 1. The van der Waals surface area contributed by atoms with E-state index in [0.29, 0.717) is 0 Å². The quantitative estimate of drug-likeness (QED) is 0.260. The number of hydrogen-bond acceptors (Lipinski definition) is 2. The first-order chi connectivity index (χ1) is 16.3. The van der Waals surface area contributed by atoms with Crippen LogP contribution in [0, 0.1) is 0 Å². The maximum Gasteiger partial charge on any atom is 0.179 e. The summed E-state index contributed by atoms with van der Waals surface area (Å²) in [6.45, 7) is 0. The number of anilines is 2. The Labute approximate surface area is 204 Å². The molecule has 0 unspecified atom stereocenters. The van der Waals surface area contributed by atoms with Gasteiger partial charge in [-0.2, -0.15) is 0 Å². The van der Waals surface area contributed by atoms with E-state index in [0.717, 1.165) is 16.0 Å². The van der Waals surface area contributed by atoms with Crippen LogP contribution in [-0.2, 0) is 0 Å². The highest BCUT2D eigenvalue weighted by Gasteiger charge is 2.41. The molecule has 5 rings (SSSR count). The van der Waals surface area contributed by atoms with E-state index in [4.69, 9.17) is 0 Å². The lowest BCUT2D eigenvalue weighted by Crippen LogP contribution is -2.74. The summed E-state index contributed by atoms with van der Waals surface area (Å²) in [7, 11) is -2.48. The van der Waals surface area contributed by atoms with Crippen LogP contribution in [-0.4, -0.2) is 13.1 Å². The van der Waals surface area contributed by atoms with Gasteiger partial charge in [0.05, 0.1) is 4.47 Å². The van der Waals surface area contributed by atoms with Crippen molar-refractivity contribution in [2.75, 3.05) is 5.32 Å². The third-order valence-corrected chi connectivity index (χ3v) is 11.4. The van der Waals surface area contributed by atoms with Crippen molar-refractivity contribution in [1.82, 2.24) is 4.98 Å². The van der Waals surface area contributed by atoms with Crippen molar-refractivity contribution in [3.63, 3.8) is 0 Å². The van der Waals surface area contributed by atoms with Crippen LogP contribution < -0.4 is 26.1 Å². The minimum absolute atomic E-state index is 0.808. The highest BCUT2D eigenvalue weighted by atomic mass is 79.9. The first-order valence-electron chi connectivity index (χ1n) is 10.9. The van der Waals surface area contributed by atoms with Crippen molar-refractivity contribution in [3.8, 4) is 0 Å². The Morgan fingerprint density at radius 3 is 1.42 bits per heavy atom. The second-order valence-electron chi connectivity index (χ2n) is 7.88. The molecule has 0 radical (unpaired) electrons. The normalized spacial score (nSPS) is 11.2. The summed E-state index contributed by atoms with van der Waals surface area (Å²) in [4.78, 5) is 4.44. The summed E-state index contributed by atoms with van der Waals surface area (Å²) in [6, 6.07) is 45.6. The molecule has 0 spiro atoms. The van der Waals surface area contributed by atoms with E-state index < -0.39 is 8.07 Å². The van der Waals surface area contributed by atoms with Crippen LogP contribution in [0.2, 0.25) is 0 Å². The van der Waals surface area contributed by atoms with Gasteiger partial charge in [-0.05, 0) is 60.9 Å². The summed E-state index contributed by atoms with van der Waals surface area (Å²) in [5.74, 6) is 0.808. The average Bonchev–Trinajstić information content (AvgIpc) is 2.89. The average molecular weight is 508 g/mol. The van der Waals surface area contributed by atoms with Gasteiger partial charge in [-0.25, -0.2) is 4.98 Å². The Balaban J connectivity index is 1.69. The predicted octanol–water partition coefficient (Wildman–Crippen LogP) is 4.97. The van der Waals surface area contributed by atoms with Crippen molar-refractivity contribution in [3.05, 3.63) is 138 Å². The molecule has 0 fully saturated rings. The lowest BCUT2D eigenvalue weighted by molar-refractivity contribution is 1.29. The van der Waals surface area contributed by atoms with Crippen molar-refractivity contribution in [2.45, 2.75) is 0 Å². The minimum Gasteiger partial charge on any atom is -0.339 e. The van der Waals surface area contributed by atoms with Crippen LogP contribution in [0.4, 0.5) is 11.5 Å². The van der Waals surface area contributed by atoms with Gasteiger partial charge < -0.3 is 5.32 Å². The number of aromatic nitrogens is 1. The molecule has 1 aromatic heterocycles. The lowest BCUT2D eigenvalue weighted by atomic mass is 10.3. The molecule has 0 aliphatic heterocycles. The summed E-state index contributed by atoms with van der Waals surface area (Å²) < 4.78 is 0.940. The lowest BCUT2D eigenvalue weighted by Gasteiger charge is -2.34. The van der Waals surface area contributed by atoms with Crippen LogP contribution in [0.15, 0.2) is 138 Å². The van der Waals surface area contributed by atoms with E-state index in [2.05, 4.69) is 141 Å². The van der Waals surface area contributed by atoms with Crippen LogP contribution in [0.1, 0.15) is 0 Å². The molecule has 33 heavy (non-hydrogen) atoms. The molecule has 1 heterocycles. The molecule has 0 saturated carbocycles. The Kier molecular flexibility index (Phi) is 6.20. The topological polar surface area (TPSA) is 24.9 Å². The molecule has 0 bridgehead atoms. The fourth-order valence-corrected chi connectivity index (χ4v) is 9.58. The molecule has 160 valence electrons. The van der Waals surface area contributed by atoms with Gasteiger partial charge in [-0.1, -0.05) is 103 Å². The highest BCUT2D eigenvalue weighted by Crippen LogP contribution is 2.22. The van der Waals surface area contributed by atoms with Crippen molar-refractivity contribution < 1.29 is 0 Å². The largest absolute Gasteiger partial charge is 0.339 e. The van der Waals surface area contributed by atoms with Gasteiger partial charge in [0.25, 0.3) is 0 Å². The third-order valence-electron chi connectivity index (χ3n) is 5.96. The van der Waals surface area contributed by atoms with Gasteiger partial charge in [0, 0.05) is 11.9 Å². The molecule has 0 aliphatic rings. The van der Waals surface area contributed by atoms with Gasteiger partial charge in [-0.15, -0.1) is 0 Å². The van der Waals surface area contributed by atoms with Gasteiger partial charge in [0.15, 0.2) is 8.07 Å². The molecule has 4 heteroatoms. The minimum atomic E-state index is -2.48. The molecule has 0 aliphatic carbocycles. The van der Waals surface area contributed by atoms with Gasteiger partial charge in [0.1, 0.15) is 5.82 Å². The fraction of sp³-hybridized carbons (Fsp3) is 0. The first kappa shape index (κ1) is 21.4. The maximum atomic E-state index is 4.44. The molecular weight excluding hydrogens is 484 g/mol. The number of nitrogens with one attached hydrogen (secondary N) is 1. The molecule has 0 atom stereocenters. The second kappa shape index (κ2) is 9.57. The first-order valence-corrected chi connectivity index (χ1v) is 13.7. The van der Waals surface area contributed by atoms with E-state index >= 15 is 0 Å². The van der Waals surface area contributed by atoms with Crippen molar-refractivity contribution >= 4 is 56.3 Å². The smallest absolute Gasteiger partial charge is 0.179 e. The maximum absolute atomic E-state index is 4.44. The standard InChI is InChI=1S/C29H23BrN2Si/c30-28-17-10-22-31-29(28)32-23-18-20-27(21-19-23)33(24-11-4-1-5-12-24,25-13-6-2-7-14-25)26-15-8-3-9-16-26/h1-22H,(H,31,32). The molecule has 4 aromatic carbocycles. The Morgan fingerprint density at radius 1 is 0.515 bits per heavy atom. The molecule has 2 nitrogen and oxygen atoms in total. The molecule has 0 amide bonds. The molecule has 1 N–H and O–H groups in total. The Hall–Kier alpha value is -3.47. The summed E-state index contributed by atoms with van der Waals surface area (Å²) >= 11 is 3.57. The zero-order chi connectivity index (χ0) is 22.5.